The van der Waals surface area contributed by atoms with Gasteiger partial charge in [-0.05, 0) is 49.0 Å². The number of rotatable bonds is 2. The van der Waals surface area contributed by atoms with Crippen LogP contribution in [0.15, 0.2) is 35.9 Å². The van der Waals surface area contributed by atoms with Gasteiger partial charge in [0.1, 0.15) is 6.10 Å². The molecule has 1 aromatic carbocycles. The summed E-state index contributed by atoms with van der Waals surface area (Å²) in [5.41, 5.74) is 2.12. The van der Waals surface area contributed by atoms with Crippen molar-refractivity contribution in [3.8, 4) is 0 Å². The van der Waals surface area contributed by atoms with Crippen LogP contribution in [-0.4, -0.2) is 5.11 Å². The summed E-state index contributed by atoms with van der Waals surface area (Å²) < 4.78 is 0. The summed E-state index contributed by atoms with van der Waals surface area (Å²) in [5.74, 6) is 0. The quantitative estimate of drug-likeness (QED) is 0.758. The zero-order chi connectivity index (χ0) is 12.1. The van der Waals surface area contributed by atoms with Crippen LogP contribution < -0.4 is 0 Å². The molecule has 0 spiro atoms. The van der Waals surface area contributed by atoms with Crippen molar-refractivity contribution in [2.24, 2.45) is 0 Å². The molecule has 0 aromatic heterocycles. The Labute approximate surface area is 108 Å². The topological polar surface area (TPSA) is 20.2 Å². The van der Waals surface area contributed by atoms with Crippen molar-refractivity contribution in [1.82, 2.24) is 0 Å². The molecule has 0 saturated heterocycles. The van der Waals surface area contributed by atoms with Crippen LogP contribution in [0.2, 0.25) is 5.02 Å². The Morgan fingerprint density at radius 1 is 1.00 bits per heavy atom. The molecule has 2 rings (SSSR count). The van der Waals surface area contributed by atoms with Crippen molar-refractivity contribution in [3.63, 3.8) is 0 Å². The standard InChI is InChI=1S/C15H19ClO/c16-14-10-8-13(9-11-14)15(17)12-6-4-2-1-3-5-7-12/h6,8-11,15,17H,1-5,7H2/b12-6+. The first-order valence-electron chi connectivity index (χ1n) is 6.40. The predicted molar refractivity (Wildman–Crippen MR) is 72.2 cm³/mol. The number of aliphatic hydroxyl groups excluding tert-OH is 1. The van der Waals surface area contributed by atoms with Gasteiger partial charge in [-0.15, -0.1) is 0 Å². The van der Waals surface area contributed by atoms with Crippen molar-refractivity contribution >= 4 is 11.6 Å². The summed E-state index contributed by atoms with van der Waals surface area (Å²) in [5, 5.41) is 11.1. The van der Waals surface area contributed by atoms with Gasteiger partial charge in [-0.3, -0.25) is 0 Å². The summed E-state index contributed by atoms with van der Waals surface area (Å²) in [6, 6.07) is 7.49. The highest BCUT2D eigenvalue weighted by atomic mass is 35.5. The lowest BCUT2D eigenvalue weighted by Gasteiger charge is -2.17. The molecule has 92 valence electrons. The number of hydrogen-bond acceptors (Lipinski definition) is 1. The van der Waals surface area contributed by atoms with Crippen molar-refractivity contribution in [3.05, 3.63) is 46.5 Å². The third-order valence-corrected chi connectivity index (χ3v) is 3.62. The number of allylic oxidation sites excluding steroid dienone is 1. The maximum atomic E-state index is 10.3. The SMILES string of the molecule is OC(/C1=C/CCCCCC1)c1ccc(Cl)cc1. The van der Waals surface area contributed by atoms with E-state index >= 15 is 0 Å². The van der Waals surface area contributed by atoms with Gasteiger partial charge >= 0.3 is 0 Å². The van der Waals surface area contributed by atoms with Gasteiger partial charge in [0.2, 0.25) is 0 Å². The van der Waals surface area contributed by atoms with Gasteiger partial charge in [0.15, 0.2) is 0 Å². The minimum atomic E-state index is -0.453. The molecular formula is C15H19ClO. The average molecular weight is 251 g/mol. The first-order valence-corrected chi connectivity index (χ1v) is 6.77. The van der Waals surface area contributed by atoms with Gasteiger partial charge < -0.3 is 5.11 Å². The van der Waals surface area contributed by atoms with E-state index in [1.807, 2.05) is 24.3 Å². The lowest BCUT2D eigenvalue weighted by molar-refractivity contribution is 0.209. The number of hydrogen-bond donors (Lipinski definition) is 1. The van der Waals surface area contributed by atoms with Crippen LogP contribution >= 0.6 is 11.6 Å². The highest BCUT2D eigenvalue weighted by molar-refractivity contribution is 6.30. The van der Waals surface area contributed by atoms with E-state index in [9.17, 15) is 5.11 Å². The Hall–Kier alpha value is -0.790. The first-order chi connectivity index (χ1) is 8.27. The van der Waals surface area contributed by atoms with Crippen LogP contribution in [0, 0.1) is 0 Å². The largest absolute Gasteiger partial charge is 0.384 e. The summed E-state index contributed by atoms with van der Waals surface area (Å²) >= 11 is 5.85. The van der Waals surface area contributed by atoms with E-state index in [2.05, 4.69) is 6.08 Å². The number of aliphatic hydroxyl groups is 1. The minimum Gasteiger partial charge on any atom is -0.384 e. The molecule has 0 amide bonds. The summed E-state index contributed by atoms with van der Waals surface area (Å²) in [7, 11) is 0. The van der Waals surface area contributed by atoms with Gasteiger partial charge in [-0.1, -0.05) is 42.7 Å². The second kappa shape index (κ2) is 6.23. The molecule has 0 bridgehead atoms. The first kappa shape index (κ1) is 12.7. The zero-order valence-electron chi connectivity index (χ0n) is 10.0. The molecule has 1 nitrogen and oxygen atoms in total. The highest BCUT2D eigenvalue weighted by Gasteiger charge is 2.13. The van der Waals surface area contributed by atoms with E-state index in [4.69, 9.17) is 11.6 Å². The molecule has 2 heteroatoms. The Bertz CT molecular complexity index is 380. The lowest BCUT2D eigenvalue weighted by Crippen LogP contribution is -2.03. The van der Waals surface area contributed by atoms with Crippen LogP contribution in [0.5, 0.6) is 0 Å². The molecule has 0 aliphatic heterocycles. The normalized spacial score (nSPS) is 22.1. The van der Waals surface area contributed by atoms with E-state index in [1.165, 1.54) is 31.3 Å². The Balaban J connectivity index is 2.11. The molecular weight excluding hydrogens is 232 g/mol. The summed E-state index contributed by atoms with van der Waals surface area (Å²) in [6.45, 7) is 0. The van der Waals surface area contributed by atoms with E-state index < -0.39 is 6.10 Å². The minimum absolute atomic E-state index is 0.453. The second-order valence-electron chi connectivity index (χ2n) is 4.69. The van der Waals surface area contributed by atoms with Crippen molar-refractivity contribution < 1.29 is 5.11 Å². The average Bonchev–Trinajstić information content (AvgIpc) is 2.29. The second-order valence-corrected chi connectivity index (χ2v) is 5.12. The summed E-state index contributed by atoms with van der Waals surface area (Å²) in [6.07, 6.45) is 8.92. The van der Waals surface area contributed by atoms with E-state index in [0.29, 0.717) is 5.02 Å². The van der Waals surface area contributed by atoms with E-state index in [0.717, 1.165) is 18.4 Å². The fourth-order valence-corrected chi connectivity index (χ4v) is 2.45. The number of halogens is 1. The van der Waals surface area contributed by atoms with Gasteiger partial charge in [0, 0.05) is 5.02 Å². The number of benzene rings is 1. The third-order valence-electron chi connectivity index (χ3n) is 3.36. The molecule has 1 aliphatic carbocycles. The van der Waals surface area contributed by atoms with Gasteiger partial charge in [0.05, 0.1) is 0 Å². The molecule has 0 heterocycles. The Morgan fingerprint density at radius 2 is 1.71 bits per heavy atom. The molecule has 0 radical (unpaired) electrons. The molecule has 1 N–H and O–H groups in total. The fourth-order valence-electron chi connectivity index (χ4n) is 2.32. The smallest absolute Gasteiger partial charge is 0.100 e. The predicted octanol–water partition coefficient (Wildman–Crippen LogP) is 4.65. The highest BCUT2D eigenvalue weighted by Crippen LogP contribution is 2.29. The van der Waals surface area contributed by atoms with Crippen LogP contribution in [0.4, 0.5) is 0 Å². The van der Waals surface area contributed by atoms with Crippen LogP contribution in [-0.2, 0) is 0 Å². The van der Waals surface area contributed by atoms with Gasteiger partial charge in [0.25, 0.3) is 0 Å². The Kier molecular flexibility index (Phi) is 4.64. The molecule has 17 heavy (non-hydrogen) atoms. The Morgan fingerprint density at radius 3 is 2.47 bits per heavy atom. The zero-order valence-corrected chi connectivity index (χ0v) is 10.8. The van der Waals surface area contributed by atoms with Crippen molar-refractivity contribution in [2.45, 2.75) is 44.6 Å². The van der Waals surface area contributed by atoms with Gasteiger partial charge in [-0.2, -0.15) is 0 Å². The fraction of sp³-hybridized carbons (Fsp3) is 0.467. The van der Waals surface area contributed by atoms with Gasteiger partial charge in [-0.25, -0.2) is 0 Å². The van der Waals surface area contributed by atoms with Crippen LogP contribution in [0.25, 0.3) is 0 Å². The molecule has 1 aliphatic rings. The van der Waals surface area contributed by atoms with E-state index in [-0.39, 0.29) is 0 Å². The van der Waals surface area contributed by atoms with Crippen LogP contribution in [0.3, 0.4) is 0 Å². The van der Waals surface area contributed by atoms with Crippen LogP contribution in [0.1, 0.15) is 50.2 Å². The maximum absolute atomic E-state index is 10.3. The van der Waals surface area contributed by atoms with Crippen molar-refractivity contribution in [2.75, 3.05) is 0 Å². The maximum Gasteiger partial charge on any atom is 0.100 e. The molecule has 0 saturated carbocycles. The van der Waals surface area contributed by atoms with Crippen molar-refractivity contribution in [1.29, 1.82) is 0 Å². The summed E-state index contributed by atoms with van der Waals surface area (Å²) in [4.78, 5) is 0. The molecule has 1 unspecified atom stereocenters. The molecule has 0 fully saturated rings. The lowest BCUT2D eigenvalue weighted by atomic mass is 9.93. The monoisotopic (exact) mass is 250 g/mol. The molecule has 1 aromatic rings. The third kappa shape index (κ3) is 3.58. The molecule has 1 atom stereocenters. The van der Waals surface area contributed by atoms with E-state index in [1.54, 1.807) is 0 Å².